The number of carbonyl (C=O) groups is 1. The average molecular weight is 273 g/mol. The molecular weight excluding hydrogens is 258 g/mol. The second-order valence-corrected chi connectivity index (χ2v) is 4.71. The van der Waals surface area contributed by atoms with Gasteiger partial charge in [-0.05, 0) is 48.9 Å². The SMILES string of the molecule is COc1ccc(NC(=O)c2cccc(S)c2)cc1C. The summed E-state index contributed by atoms with van der Waals surface area (Å²) in [6, 6.07) is 12.6. The fourth-order valence-electron chi connectivity index (χ4n) is 1.81. The van der Waals surface area contributed by atoms with E-state index in [2.05, 4.69) is 17.9 Å². The first-order chi connectivity index (χ1) is 9.10. The number of hydrogen-bond donors (Lipinski definition) is 2. The molecule has 0 fully saturated rings. The van der Waals surface area contributed by atoms with E-state index in [1.54, 1.807) is 25.3 Å². The van der Waals surface area contributed by atoms with Gasteiger partial charge in [0.1, 0.15) is 5.75 Å². The van der Waals surface area contributed by atoms with Crippen molar-refractivity contribution in [2.24, 2.45) is 0 Å². The van der Waals surface area contributed by atoms with Gasteiger partial charge in [0, 0.05) is 16.1 Å². The molecule has 0 aliphatic carbocycles. The van der Waals surface area contributed by atoms with Crippen molar-refractivity contribution >= 4 is 24.2 Å². The molecule has 0 saturated heterocycles. The van der Waals surface area contributed by atoms with Crippen LogP contribution in [0.5, 0.6) is 5.75 Å². The van der Waals surface area contributed by atoms with Crippen LogP contribution in [0.3, 0.4) is 0 Å². The van der Waals surface area contributed by atoms with Crippen LogP contribution in [0.1, 0.15) is 15.9 Å². The number of benzene rings is 2. The summed E-state index contributed by atoms with van der Waals surface area (Å²) in [4.78, 5) is 12.8. The lowest BCUT2D eigenvalue weighted by Crippen LogP contribution is -2.11. The van der Waals surface area contributed by atoms with Gasteiger partial charge in [-0.3, -0.25) is 4.79 Å². The molecule has 0 atom stereocenters. The van der Waals surface area contributed by atoms with Crippen molar-refractivity contribution in [3.05, 3.63) is 53.6 Å². The summed E-state index contributed by atoms with van der Waals surface area (Å²) in [7, 11) is 1.62. The Morgan fingerprint density at radius 3 is 2.63 bits per heavy atom. The van der Waals surface area contributed by atoms with E-state index >= 15 is 0 Å². The predicted octanol–water partition coefficient (Wildman–Crippen LogP) is 3.54. The van der Waals surface area contributed by atoms with Crippen LogP contribution in [-0.2, 0) is 0 Å². The number of methoxy groups -OCH3 is 1. The van der Waals surface area contributed by atoms with Gasteiger partial charge in [0.15, 0.2) is 0 Å². The lowest BCUT2D eigenvalue weighted by atomic mass is 10.1. The van der Waals surface area contributed by atoms with Crippen LogP contribution in [0.15, 0.2) is 47.4 Å². The Bertz CT molecular complexity index is 611. The summed E-state index contributed by atoms with van der Waals surface area (Å²) >= 11 is 4.22. The number of anilines is 1. The van der Waals surface area contributed by atoms with E-state index in [4.69, 9.17) is 4.74 Å². The van der Waals surface area contributed by atoms with Crippen molar-refractivity contribution in [3.63, 3.8) is 0 Å². The average Bonchev–Trinajstić information content (AvgIpc) is 2.39. The second kappa shape index (κ2) is 5.80. The maximum absolute atomic E-state index is 12.1. The fraction of sp³-hybridized carbons (Fsp3) is 0.133. The minimum Gasteiger partial charge on any atom is -0.496 e. The summed E-state index contributed by atoms with van der Waals surface area (Å²) < 4.78 is 5.18. The first-order valence-corrected chi connectivity index (χ1v) is 6.30. The molecule has 0 spiro atoms. The van der Waals surface area contributed by atoms with E-state index in [-0.39, 0.29) is 5.91 Å². The number of nitrogens with one attached hydrogen (secondary N) is 1. The zero-order valence-electron chi connectivity index (χ0n) is 10.8. The third-order valence-corrected chi connectivity index (χ3v) is 3.04. The molecule has 0 saturated carbocycles. The van der Waals surface area contributed by atoms with E-state index in [0.29, 0.717) is 5.56 Å². The normalized spacial score (nSPS) is 10.1. The number of carbonyl (C=O) groups excluding carboxylic acids is 1. The number of thiol groups is 1. The minimum absolute atomic E-state index is 0.152. The molecule has 0 heterocycles. The van der Waals surface area contributed by atoms with Crippen LogP contribution in [0.4, 0.5) is 5.69 Å². The van der Waals surface area contributed by atoms with E-state index in [1.807, 2.05) is 31.2 Å². The largest absolute Gasteiger partial charge is 0.496 e. The molecule has 2 aromatic carbocycles. The Hall–Kier alpha value is -1.94. The lowest BCUT2D eigenvalue weighted by molar-refractivity contribution is 0.102. The monoisotopic (exact) mass is 273 g/mol. The van der Waals surface area contributed by atoms with E-state index in [9.17, 15) is 4.79 Å². The van der Waals surface area contributed by atoms with Gasteiger partial charge in [-0.2, -0.15) is 0 Å². The molecule has 4 heteroatoms. The number of ether oxygens (including phenoxy) is 1. The van der Waals surface area contributed by atoms with Gasteiger partial charge >= 0.3 is 0 Å². The fourth-order valence-corrected chi connectivity index (χ4v) is 2.03. The number of hydrogen-bond acceptors (Lipinski definition) is 3. The molecule has 0 aromatic heterocycles. The van der Waals surface area contributed by atoms with Crippen LogP contribution < -0.4 is 10.1 Å². The van der Waals surface area contributed by atoms with Gasteiger partial charge in [0.2, 0.25) is 0 Å². The molecule has 0 aliphatic rings. The Morgan fingerprint density at radius 1 is 1.21 bits per heavy atom. The Balaban J connectivity index is 2.17. The number of aryl methyl sites for hydroxylation is 1. The van der Waals surface area contributed by atoms with Crippen molar-refractivity contribution in [3.8, 4) is 5.75 Å². The molecule has 0 bridgehead atoms. The first-order valence-electron chi connectivity index (χ1n) is 5.85. The van der Waals surface area contributed by atoms with Crippen LogP contribution >= 0.6 is 12.6 Å². The summed E-state index contributed by atoms with van der Waals surface area (Å²) in [5, 5.41) is 2.85. The summed E-state index contributed by atoms with van der Waals surface area (Å²) in [6.07, 6.45) is 0. The van der Waals surface area contributed by atoms with Crippen LogP contribution in [0.2, 0.25) is 0 Å². The van der Waals surface area contributed by atoms with Crippen LogP contribution in [0.25, 0.3) is 0 Å². The molecule has 98 valence electrons. The van der Waals surface area contributed by atoms with Crippen molar-refractivity contribution in [1.29, 1.82) is 0 Å². The Morgan fingerprint density at radius 2 is 2.00 bits per heavy atom. The maximum atomic E-state index is 12.1. The van der Waals surface area contributed by atoms with Crippen molar-refractivity contribution < 1.29 is 9.53 Å². The highest BCUT2D eigenvalue weighted by atomic mass is 32.1. The highest BCUT2D eigenvalue weighted by Gasteiger charge is 2.07. The molecule has 19 heavy (non-hydrogen) atoms. The first kappa shape index (κ1) is 13.5. The summed E-state index contributed by atoms with van der Waals surface area (Å²) in [5.74, 6) is 0.649. The summed E-state index contributed by atoms with van der Waals surface area (Å²) in [5.41, 5.74) is 2.30. The van der Waals surface area contributed by atoms with Gasteiger partial charge in [0.05, 0.1) is 7.11 Å². The number of rotatable bonds is 3. The van der Waals surface area contributed by atoms with Gasteiger partial charge in [-0.15, -0.1) is 12.6 Å². The molecule has 1 N–H and O–H groups in total. The van der Waals surface area contributed by atoms with Crippen LogP contribution in [-0.4, -0.2) is 13.0 Å². The van der Waals surface area contributed by atoms with Crippen molar-refractivity contribution in [2.75, 3.05) is 12.4 Å². The highest BCUT2D eigenvalue weighted by Crippen LogP contribution is 2.22. The molecule has 0 unspecified atom stereocenters. The van der Waals surface area contributed by atoms with Crippen molar-refractivity contribution in [1.82, 2.24) is 0 Å². The van der Waals surface area contributed by atoms with Gasteiger partial charge in [0.25, 0.3) is 5.91 Å². The van der Waals surface area contributed by atoms with Gasteiger partial charge in [-0.1, -0.05) is 6.07 Å². The number of amides is 1. The standard InChI is InChI=1S/C15H15NO2S/c1-10-8-12(6-7-14(10)18-2)16-15(17)11-4-3-5-13(19)9-11/h3-9,19H,1-2H3,(H,16,17). The van der Waals surface area contributed by atoms with E-state index in [1.165, 1.54) is 0 Å². The van der Waals surface area contributed by atoms with Crippen LogP contribution in [0, 0.1) is 6.92 Å². The molecule has 0 aliphatic heterocycles. The topological polar surface area (TPSA) is 38.3 Å². The molecule has 2 rings (SSSR count). The maximum Gasteiger partial charge on any atom is 0.255 e. The minimum atomic E-state index is -0.152. The molecule has 2 aromatic rings. The van der Waals surface area contributed by atoms with Gasteiger partial charge in [-0.25, -0.2) is 0 Å². The molecule has 0 radical (unpaired) electrons. The quantitative estimate of drug-likeness (QED) is 0.839. The molecular formula is C15H15NO2S. The third kappa shape index (κ3) is 3.29. The summed E-state index contributed by atoms with van der Waals surface area (Å²) in [6.45, 7) is 1.93. The Labute approximate surface area is 118 Å². The predicted molar refractivity (Wildman–Crippen MR) is 79.4 cm³/mol. The van der Waals surface area contributed by atoms with E-state index in [0.717, 1.165) is 21.9 Å². The van der Waals surface area contributed by atoms with Gasteiger partial charge < -0.3 is 10.1 Å². The smallest absolute Gasteiger partial charge is 0.255 e. The third-order valence-electron chi connectivity index (χ3n) is 2.76. The molecule has 1 amide bonds. The zero-order chi connectivity index (χ0) is 13.8. The lowest BCUT2D eigenvalue weighted by Gasteiger charge is -2.09. The van der Waals surface area contributed by atoms with E-state index < -0.39 is 0 Å². The Kier molecular flexibility index (Phi) is 4.12. The zero-order valence-corrected chi connectivity index (χ0v) is 11.7. The molecule has 3 nitrogen and oxygen atoms in total. The highest BCUT2D eigenvalue weighted by molar-refractivity contribution is 7.80. The van der Waals surface area contributed by atoms with Crippen molar-refractivity contribution in [2.45, 2.75) is 11.8 Å². The second-order valence-electron chi connectivity index (χ2n) is 4.19.